The third-order valence-electron chi connectivity index (χ3n) is 4.38. The number of benzene rings is 1. The van der Waals surface area contributed by atoms with E-state index in [1.165, 1.54) is 13.0 Å². The van der Waals surface area contributed by atoms with E-state index in [-0.39, 0.29) is 29.7 Å². The van der Waals surface area contributed by atoms with Gasteiger partial charge in [0.05, 0.1) is 6.42 Å². The topological polar surface area (TPSA) is 69.6 Å². The number of hydrogen-bond acceptors (Lipinski definition) is 5. The fourth-order valence-corrected chi connectivity index (χ4v) is 2.93. The van der Waals surface area contributed by atoms with Crippen molar-refractivity contribution in [3.63, 3.8) is 0 Å². The highest BCUT2D eigenvalue weighted by Crippen LogP contribution is 2.29. The van der Waals surface area contributed by atoms with Gasteiger partial charge in [-0.15, -0.1) is 0 Å². The van der Waals surface area contributed by atoms with E-state index in [1.54, 1.807) is 28.0 Å². The Morgan fingerprint density at radius 1 is 1.15 bits per heavy atom. The van der Waals surface area contributed by atoms with Crippen molar-refractivity contribution in [1.82, 2.24) is 14.9 Å². The van der Waals surface area contributed by atoms with E-state index in [9.17, 15) is 23.1 Å². The Morgan fingerprint density at radius 2 is 1.81 bits per heavy atom. The van der Waals surface area contributed by atoms with Gasteiger partial charge in [0.1, 0.15) is 11.4 Å². The minimum Gasteiger partial charge on any atom is -0.508 e. The third kappa shape index (κ3) is 4.47. The van der Waals surface area contributed by atoms with Crippen LogP contribution >= 0.6 is 0 Å². The molecule has 9 heteroatoms. The maximum atomic E-state index is 12.9. The summed E-state index contributed by atoms with van der Waals surface area (Å²) in [6.45, 7) is 2.88. The summed E-state index contributed by atoms with van der Waals surface area (Å²) in [7, 11) is 0. The molecular formula is C18H19F3N4O2. The van der Waals surface area contributed by atoms with Crippen LogP contribution in [-0.2, 0) is 17.4 Å². The predicted molar refractivity (Wildman–Crippen MR) is 92.4 cm³/mol. The molecule has 1 amide bonds. The van der Waals surface area contributed by atoms with Crippen LogP contribution in [0.5, 0.6) is 5.75 Å². The average Bonchev–Trinajstić information content (AvgIpc) is 2.62. The summed E-state index contributed by atoms with van der Waals surface area (Å²) in [6.07, 6.45) is -4.45. The molecule has 144 valence electrons. The lowest BCUT2D eigenvalue weighted by molar-refractivity contribution is -0.141. The molecule has 1 fully saturated rings. The first-order chi connectivity index (χ1) is 12.7. The van der Waals surface area contributed by atoms with Gasteiger partial charge in [-0.3, -0.25) is 4.79 Å². The Labute approximate surface area is 154 Å². The van der Waals surface area contributed by atoms with Crippen molar-refractivity contribution in [1.29, 1.82) is 0 Å². The Kier molecular flexibility index (Phi) is 5.20. The zero-order valence-corrected chi connectivity index (χ0v) is 14.7. The van der Waals surface area contributed by atoms with Crippen molar-refractivity contribution in [2.45, 2.75) is 19.5 Å². The highest BCUT2D eigenvalue weighted by molar-refractivity contribution is 5.79. The first-order valence-electron chi connectivity index (χ1n) is 8.46. The lowest BCUT2D eigenvalue weighted by Gasteiger charge is -2.35. The van der Waals surface area contributed by atoms with Gasteiger partial charge < -0.3 is 14.9 Å². The Hall–Kier alpha value is -2.84. The van der Waals surface area contributed by atoms with E-state index in [0.717, 1.165) is 6.07 Å². The van der Waals surface area contributed by atoms with Gasteiger partial charge in [0.15, 0.2) is 0 Å². The minimum atomic E-state index is -4.53. The second-order valence-electron chi connectivity index (χ2n) is 6.37. The number of rotatable bonds is 3. The normalized spacial score (nSPS) is 15.1. The summed E-state index contributed by atoms with van der Waals surface area (Å²) in [5.74, 6) is -0.0512. The van der Waals surface area contributed by atoms with Gasteiger partial charge in [0.2, 0.25) is 11.9 Å². The second kappa shape index (κ2) is 7.42. The van der Waals surface area contributed by atoms with Crippen molar-refractivity contribution >= 4 is 11.9 Å². The van der Waals surface area contributed by atoms with Crippen molar-refractivity contribution < 1.29 is 23.1 Å². The van der Waals surface area contributed by atoms with Crippen LogP contribution in [0.25, 0.3) is 0 Å². The minimum absolute atomic E-state index is 0.0233. The summed E-state index contributed by atoms with van der Waals surface area (Å²) in [5.41, 5.74) is -0.185. The number of alkyl halides is 3. The molecule has 3 rings (SSSR count). The maximum Gasteiger partial charge on any atom is 0.433 e. The van der Waals surface area contributed by atoms with Crippen LogP contribution in [0.15, 0.2) is 30.3 Å². The number of aromatic hydroxyl groups is 1. The second-order valence-corrected chi connectivity index (χ2v) is 6.37. The Morgan fingerprint density at radius 3 is 2.44 bits per heavy atom. The molecule has 0 saturated carbocycles. The van der Waals surface area contributed by atoms with Crippen LogP contribution in [0.4, 0.5) is 19.1 Å². The summed E-state index contributed by atoms with van der Waals surface area (Å²) in [5, 5.41) is 9.78. The zero-order valence-electron chi connectivity index (χ0n) is 14.7. The van der Waals surface area contributed by atoms with Gasteiger partial charge in [-0.25, -0.2) is 9.97 Å². The van der Waals surface area contributed by atoms with Gasteiger partial charge in [-0.05, 0) is 19.1 Å². The van der Waals surface area contributed by atoms with Crippen LogP contribution < -0.4 is 4.90 Å². The summed E-state index contributed by atoms with van der Waals surface area (Å²) in [4.78, 5) is 23.4. The highest BCUT2D eigenvalue weighted by atomic mass is 19.4. The number of halogens is 3. The monoisotopic (exact) mass is 380 g/mol. The fourth-order valence-electron chi connectivity index (χ4n) is 2.93. The zero-order chi connectivity index (χ0) is 19.6. The predicted octanol–water partition coefficient (Wildman–Crippen LogP) is 2.40. The largest absolute Gasteiger partial charge is 0.508 e. The van der Waals surface area contributed by atoms with Gasteiger partial charge in [0, 0.05) is 37.4 Å². The average molecular weight is 380 g/mol. The van der Waals surface area contributed by atoms with Gasteiger partial charge in [0.25, 0.3) is 0 Å². The molecule has 0 spiro atoms. The number of nitrogens with zero attached hydrogens (tertiary/aromatic N) is 4. The van der Waals surface area contributed by atoms with Gasteiger partial charge >= 0.3 is 6.18 Å². The maximum absolute atomic E-state index is 12.9. The molecule has 0 radical (unpaired) electrons. The van der Waals surface area contributed by atoms with Crippen molar-refractivity contribution in [2.24, 2.45) is 0 Å². The molecule has 0 atom stereocenters. The van der Waals surface area contributed by atoms with Gasteiger partial charge in [-0.2, -0.15) is 13.2 Å². The lowest BCUT2D eigenvalue weighted by atomic mass is 10.1. The number of amides is 1. The summed E-state index contributed by atoms with van der Waals surface area (Å²) < 4.78 is 38.8. The smallest absolute Gasteiger partial charge is 0.433 e. The van der Waals surface area contributed by atoms with Crippen LogP contribution in [-0.4, -0.2) is 52.1 Å². The molecule has 1 aromatic carbocycles. The lowest BCUT2D eigenvalue weighted by Crippen LogP contribution is -2.49. The van der Waals surface area contributed by atoms with Crippen LogP contribution in [0.3, 0.4) is 0 Å². The molecule has 1 aliphatic rings. The highest BCUT2D eigenvalue weighted by Gasteiger charge is 2.34. The molecule has 2 aromatic rings. The van der Waals surface area contributed by atoms with E-state index in [1.807, 2.05) is 0 Å². The SMILES string of the molecule is Cc1cc(C(F)(F)F)nc(N2CCN(C(=O)Cc3ccccc3O)CC2)n1. The number of carbonyl (C=O) groups excluding carboxylic acids is 1. The van der Waals surface area contributed by atoms with E-state index in [0.29, 0.717) is 31.7 Å². The van der Waals surface area contributed by atoms with E-state index in [4.69, 9.17) is 0 Å². The number of aromatic nitrogens is 2. The number of carbonyl (C=O) groups is 1. The molecule has 1 N–H and O–H groups in total. The standard InChI is InChI=1S/C18H19F3N4O2/c1-12-10-15(18(19,20)21)23-17(22-12)25-8-6-24(7-9-25)16(27)11-13-4-2-3-5-14(13)26/h2-5,10,26H,6-9,11H2,1H3. The molecule has 2 heterocycles. The van der Waals surface area contributed by atoms with Gasteiger partial charge in [-0.1, -0.05) is 18.2 Å². The van der Waals surface area contributed by atoms with Crippen molar-refractivity contribution in [3.8, 4) is 5.75 Å². The number of anilines is 1. The van der Waals surface area contributed by atoms with Crippen molar-refractivity contribution in [3.05, 3.63) is 47.3 Å². The number of aryl methyl sites for hydroxylation is 1. The fraction of sp³-hybridized carbons (Fsp3) is 0.389. The molecule has 6 nitrogen and oxygen atoms in total. The first-order valence-corrected chi connectivity index (χ1v) is 8.46. The third-order valence-corrected chi connectivity index (χ3v) is 4.38. The van der Waals surface area contributed by atoms with E-state index >= 15 is 0 Å². The number of phenols is 1. The molecule has 1 aliphatic heterocycles. The number of phenolic OH excluding ortho intramolecular Hbond substituents is 1. The Bertz CT molecular complexity index is 834. The number of para-hydroxylation sites is 1. The molecular weight excluding hydrogens is 361 g/mol. The summed E-state index contributed by atoms with van der Waals surface area (Å²) in [6, 6.07) is 7.54. The molecule has 0 aliphatic carbocycles. The molecule has 0 unspecified atom stereocenters. The Balaban J connectivity index is 1.64. The molecule has 0 bridgehead atoms. The molecule has 27 heavy (non-hydrogen) atoms. The van der Waals surface area contributed by atoms with Crippen LogP contribution in [0.1, 0.15) is 17.0 Å². The molecule has 1 saturated heterocycles. The van der Waals surface area contributed by atoms with Crippen molar-refractivity contribution in [2.75, 3.05) is 31.1 Å². The van der Waals surface area contributed by atoms with E-state index in [2.05, 4.69) is 9.97 Å². The number of piperazine rings is 1. The van der Waals surface area contributed by atoms with E-state index < -0.39 is 11.9 Å². The van der Waals surface area contributed by atoms with Crippen LogP contribution in [0, 0.1) is 6.92 Å². The summed E-state index contributed by atoms with van der Waals surface area (Å²) >= 11 is 0. The number of hydrogen-bond donors (Lipinski definition) is 1. The molecule has 1 aromatic heterocycles. The quantitative estimate of drug-likeness (QED) is 0.886. The van der Waals surface area contributed by atoms with Crippen LogP contribution in [0.2, 0.25) is 0 Å². The first kappa shape index (κ1) is 18.9.